The summed E-state index contributed by atoms with van der Waals surface area (Å²) in [5.74, 6) is -0.640. The van der Waals surface area contributed by atoms with Gasteiger partial charge in [0, 0.05) is 38.8 Å². The predicted molar refractivity (Wildman–Crippen MR) is 73.8 cm³/mol. The van der Waals surface area contributed by atoms with Gasteiger partial charge in [-0.3, -0.25) is 14.6 Å². The smallest absolute Gasteiger partial charge is 0.310 e. The summed E-state index contributed by atoms with van der Waals surface area (Å²) in [6, 6.07) is 0.591. The SMILES string of the molecule is CCC(CC)(CN1CCN(C(C)C)CC1)C(=O)O. The van der Waals surface area contributed by atoms with E-state index in [0.717, 1.165) is 26.2 Å². The van der Waals surface area contributed by atoms with E-state index in [2.05, 4.69) is 23.6 Å². The van der Waals surface area contributed by atoms with Crippen LogP contribution in [-0.2, 0) is 4.79 Å². The van der Waals surface area contributed by atoms with E-state index in [-0.39, 0.29) is 0 Å². The Balaban J connectivity index is 2.55. The Bertz CT molecular complexity index is 267. The van der Waals surface area contributed by atoms with Gasteiger partial charge in [-0.2, -0.15) is 0 Å². The fraction of sp³-hybridized carbons (Fsp3) is 0.929. The Hall–Kier alpha value is -0.610. The molecule has 4 nitrogen and oxygen atoms in total. The van der Waals surface area contributed by atoms with Gasteiger partial charge in [0.25, 0.3) is 0 Å². The molecule has 0 aliphatic carbocycles. The molecule has 0 atom stereocenters. The van der Waals surface area contributed by atoms with Crippen molar-refractivity contribution >= 4 is 5.97 Å². The molecule has 106 valence electrons. The molecule has 0 unspecified atom stereocenters. The fourth-order valence-electron chi connectivity index (χ4n) is 2.71. The lowest BCUT2D eigenvalue weighted by Gasteiger charge is -2.40. The Kier molecular flexibility index (Phi) is 5.60. The van der Waals surface area contributed by atoms with E-state index in [4.69, 9.17) is 0 Å². The van der Waals surface area contributed by atoms with E-state index in [9.17, 15) is 9.90 Å². The molecule has 1 fully saturated rings. The number of carboxylic acid groups (broad SMARTS) is 1. The van der Waals surface area contributed by atoms with Crippen molar-refractivity contribution in [3.8, 4) is 0 Å². The highest BCUT2D eigenvalue weighted by atomic mass is 16.4. The van der Waals surface area contributed by atoms with Gasteiger partial charge in [-0.15, -0.1) is 0 Å². The third kappa shape index (κ3) is 3.45. The van der Waals surface area contributed by atoms with Crippen LogP contribution in [0.1, 0.15) is 40.5 Å². The highest BCUT2D eigenvalue weighted by molar-refractivity contribution is 5.74. The number of aliphatic carboxylic acids is 1. The molecule has 18 heavy (non-hydrogen) atoms. The number of nitrogens with zero attached hydrogens (tertiary/aromatic N) is 2. The summed E-state index contributed by atoms with van der Waals surface area (Å²) in [6.07, 6.45) is 1.42. The highest BCUT2D eigenvalue weighted by Gasteiger charge is 2.37. The zero-order valence-corrected chi connectivity index (χ0v) is 12.3. The first kappa shape index (κ1) is 15.4. The van der Waals surface area contributed by atoms with Crippen LogP contribution in [0.25, 0.3) is 0 Å². The van der Waals surface area contributed by atoms with Crippen LogP contribution < -0.4 is 0 Å². The van der Waals surface area contributed by atoms with Crippen molar-refractivity contribution in [2.75, 3.05) is 32.7 Å². The number of carboxylic acids is 1. The molecule has 0 aromatic rings. The molecule has 0 radical (unpaired) electrons. The van der Waals surface area contributed by atoms with Crippen molar-refractivity contribution in [1.82, 2.24) is 9.80 Å². The summed E-state index contributed by atoms with van der Waals surface area (Å²) in [6.45, 7) is 13.2. The van der Waals surface area contributed by atoms with Crippen LogP contribution in [-0.4, -0.2) is 59.6 Å². The minimum atomic E-state index is -0.640. The molecular weight excluding hydrogens is 228 g/mol. The Labute approximate surface area is 111 Å². The Morgan fingerprint density at radius 1 is 1.17 bits per heavy atom. The minimum Gasteiger partial charge on any atom is -0.481 e. The van der Waals surface area contributed by atoms with Crippen molar-refractivity contribution in [1.29, 1.82) is 0 Å². The number of rotatable bonds is 6. The molecule has 1 rings (SSSR count). The van der Waals surface area contributed by atoms with Gasteiger partial charge in [-0.25, -0.2) is 0 Å². The lowest BCUT2D eigenvalue weighted by atomic mass is 9.81. The largest absolute Gasteiger partial charge is 0.481 e. The summed E-state index contributed by atoms with van der Waals surface area (Å²) >= 11 is 0. The van der Waals surface area contributed by atoms with E-state index >= 15 is 0 Å². The summed E-state index contributed by atoms with van der Waals surface area (Å²) in [5.41, 5.74) is -0.556. The predicted octanol–water partition coefficient (Wildman–Crippen LogP) is 1.90. The average molecular weight is 256 g/mol. The van der Waals surface area contributed by atoms with Crippen molar-refractivity contribution in [2.45, 2.75) is 46.6 Å². The normalized spacial score (nSPS) is 19.4. The van der Waals surface area contributed by atoms with Crippen LogP contribution in [0.4, 0.5) is 0 Å². The molecule has 0 bridgehead atoms. The topological polar surface area (TPSA) is 43.8 Å². The van der Waals surface area contributed by atoms with Gasteiger partial charge >= 0.3 is 5.97 Å². The Morgan fingerprint density at radius 2 is 1.67 bits per heavy atom. The second kappa shape index (κ2) is 6.53. The molecule has 1 heterocycles. The summed E-state index contributed by atoms with van der Waals surface area (Å²) in [5, 5.41) is 9.46. The first-order chi connectivity index (χ1) is 8.45. The molecule has 1 N–H and O–H groups in total. The molecular formula is C14H28N2O2. The summed E-state index contributed by atoms with van der Waals surface area (Å²) in [4.78, 5) is 16.3. The van der Waals surface area contributed by atoms with E-state index in [0.29, 0.717) is 25.4 Å². The highest BCUT2D eigenvalue weighted by Crippen LogP contribution is 2.28. The third-order valence-corrected chi connectivity index (χ3v) is 4.47. The van der Waals surface area contributed by atoms with Crippen LogP contribution in [0, 0.1) is 5.41 Å². The van der Waals surface area contributed by atoms with Gasteiger partial charge in [0.1, 0.15) is 0 Å². The molecule has 0 saturated carbocycles. The van der Waals surface area contributed by atoms with E-state index in [1.54, 1.807) is 0 Å². The molecule has 0 aromatic heterocycles. The number of hydrogen-bond donors (Lipinski definition) is 1. The maximum Gasteiger partial charge on any atom is 0.310 e. The number of hydrogen-bond acceptors (Lipinski definition) is 3. The molecule has 0 aromatic carbocycles. The van der Waals surface area contributed by atoms with Crippen LogP contribution in [0.2, 0.25) is 0 Å². The second-order valence-electron chi connectivity index (χ2n) is 5.70. The summed E-state index contributed by atoms with van der Waals surface area (Å²) in [7, 11) is 0. The molecule has 1 saturated heterocycles. The third-order valence-electron chi connectivity index (χ3n) is 4.47. The fourth-order valence-corrected chi connectivity index (χ4v) is 2.71. The van der Waals surface area contributed by atoms with Crippen LogP contribution in [0.3, 0.4) is 0 Å². The van der Waals surface area contributed by atoms with Gasteiger partial charge in [0.2, 0.25) is 0 Å². The van der Waals surface area contributed by atoms with Crippen molar-refractivity contribution in [3.05, 3.63) is 0 Å². The number of piperazine rings is 1. The lowest BCUT2D eigenvalue weighted by Crippen LogP contribution is -2.52. The lowest BCUT2D eigenvalue weighted by molar-refractivity contribution is -0.151. The van der Waals surface area contributed by atoms with Crippen LogP contribution in [0.15, 0.2) is 0 Å². The molecule has 4 heteroatoms. The van der Waals surface area contributed by atoms with E-state index in [1.807, 2.05) is 13.8 Å². The monoisotopic (exact) mass is 256 g/mol. The zero-order valence-electron chi connectivity index (χ0n) is 12.3. The van der Waals surface area contributed by atoms with Gasteiger partial charge in [-0.05, 0) is 26.7 Å². The second-order valence-corrected chi connectivity index (χ2v) is 5.70. The van der Waals surface area contributed by atoms with Crippen LogP contribution >= 0.6 is 0 Å². The maximum absolute atomic E-state index is 11.5. The van der Waals surface area contributed by atoms with E-state index < -0.39 is 11.4 Å². The zero-order chi connectivity index (χ0) is 13.8. The molecule has 1 aliphatic heterocycles. The van der Waals surface area contributed by atoms with Gasteiger partial charge < -0.3 is 5.11 Å². The first-order valence-electron chi connectivity index (χ1n) is 7.15. The maximum atomic E-state index is 11.5. The van der Waals surface area contributed by atoms with Crippen molar-refractivity contribution < 1.29 is 9.90 Å². The van der Waals surface area contributed by atoms with Gasteiger partial charge in [0.05, 0.1) is 5.41 Å². The number of carbonyl (C=O) groups is 1. The standard InChI is InChI=1S/C14H28N2O2/c1-5-14(6-2,13(17)18)11-15-7-9-16(10-8-15)12(3)4/h12H,5-11H2,1-4H3,(H,17,18). The Morgan fingerprint density at radius 3 is 2.00 bits per heavy atom. The van der Waals surface area contributed by atoms with Gasteiger partial charge in [-0.1, -0.05) is 13.8 Å². The molecule has 0 spiro atoms. The van der Waals surface area contributed by atoms with Crippen molar-refractivity contribution in [2.24, 2.45) is 5.41 Å². The van der Waals surface area contributed by atoms with Crippen molar-refractivity contribution in [3.63, 3.8) is 0 Å². The first-order valence-corrected chi connectivity index (χ1v) is 7.15. The molecule has 1 aliphatic rings. The quantitative estimate of drug-likeness (QED) is 0.788. The minimum absolute atomic E-state index is 0.556. The van der Waals surface area contributed by atoms with Crippen LogP contribution in [0.5, 0.6) is 0 Å². The summed E-state index contributed by atoms with van der Waals surface area (Å²) < 4.78 is 0. The van der Waals surface area contributed by atoms with E-state index in [1.165, 1.54) is 0 Å². The molecule has 0 amide bonds. The van der Waals surface area contributed by atoms with Gasteiger partial charge in [0.15, 0.2) is 0 Å². The average Bonchev–Trinajstić information content (AvgIpc) is 2.36.